The number of hydrogen-bond acceptors (Lipinski definition) is 7. The lowest BCUT2D eigenvalue weighted by Gasteiger charge is -2.25. The van der Waals surface area contributed by atoms with Gasteiger partial charge in [-0.1, -0.05) is 17.7 Å². The van der Waals surface area contributed by atoms with Crippen LogP contribution in [0.2, 0.25) is 5.02 Å². The van der Waals surface area contributed by atoms with E-state index in [-0.39, 0.29) is 23.6 Å². The summed E-state index contributed by atoms with van der Waals surface area (Å²) >= 11 is 6.18. The maximum Gasteiger partial charge on any atom is 0.344 e. The van der Waals surface area contributed by atoms with Crippen molar-refractivity contribution in [3.63, 3.8) is 0 Å². The molecule has 2 aromatic carbocycles. The van der Waals surface area contributed by atoms with Crippen molar-refractivity contribution in [3.05, 3.63) is 47.0 Å². The molecule has 1 aliphatic rings. The first kappa shape index (κ1) is 25.4. The lowest BCUT2D eigenvalue weighted by atomic mass is 10.1. The molecule has 0 saturated carbocycles. The Morgan fingerprint density at radius 2 is 1.59 bits per heavy atom. The lowest BCUT2D eigenvalue weighted by Crippen LogP contribution is -2.38. The average Bonchev–Trinajstić information content (AvgIpc) is 2.79. The molecule has 34 heavy (non-hydrogen) atoms. The fourth-order valence-corrected chi connectivity index (χ4v) is 3.41. The average molecular weight is 490 g/mol. The number of carbonyl (C=O) groups is 3. The monoisotopic (exact) mass is 489 g/mol. The number of benzene rings is 2. The first-order valence-corrected chi connectivity index (χ1v) is 11.1. The van der Waals surface area contributed by atoms with E-state index < -0.39 is 35.7 Å². The Balaban J connectivity index is 1.98. The molecule has 0 fully saturated rings. The molecule has 0 radical (unpaired) electrons. The largest absolute Gasteiger partial charge is 0.481 e. The van der Waals surface area contributed by atoms with Crippen molar-refractivity contribution in [2.24, 2.45) is 0 Å². The second kappa shape index (κ2) is 9.54. The smallest absolute Gasteiger partial charge is 0.344 e. The minimum Gasteiger partial charge on any atom is -0.481 e. The number of halogens is 1. The highest BCUT2D eigenvalue weighted by Gasteiger charge is 2.34. The second-order valence-electron chi connectivity index (χ2n) is 9.70. The molecule has 3 rings (SSSR count). The normalized spacial score (nSPS) is 13.3. The van der Waals surface area contributed by atoms with E-state index in [4.69, 9.17) is 30.5 Å². The van der Waals surface area contributed by atoms with Gasteiger partial charge < -0.3 is 18.9 Å². The molecule has 182 valence electrons. The quantitative estimate of drug-likeness (QED) is 0.536. The van der Waals surface area contributed by atoms with Gasteiger partial charge in [-0.25, -0.2) is 4.79 Å². The van der Waals surface area contributed by atoms with E-state index in [0.29, 0.717) is 16.5 Å². The summed E-state index contributed by atoms with van der Waals surface area (Å²) in [5.41, 5.74) is -1.06. The third-order valence-corrected chi connectivity index (χ3v) is 4.59. The van der Waals surface area contributed by atoms with Gasteiger partial charge in [0, 0.05) is 5.02 Å². The van der Waals surface area contributed by atoms with Crippen LogP contribution in [0.4, 0.5) is 5.69 Å². The molecule has 0 N–H and O–H groups in total. The van der Waals surface area contributed by atoms with E-state index >= 15 is 0 Å². The van der Waals surface area contributed by atoms with Gasteiger partial charge in [0.05, 0.1) is 5.69 Å². The zero-order valence-electron chi connectivity index (χ0n) is 20.1. The molecule has 0 aromatic heterocycles. The summed E-state index contributed by atoms with van der Waals surface area (Å²) in [5.74, 6) is -1.12. The lowest BCUT2D eigenvalue weighted by molar-refractivity contribution is -0.157. The van der Waals surface area contributed by atoms with Crippen molar-refractivity contribution in [1.82, 2.24) is 0 Å². The predicted molar refractivity (Wildman–Crippen MR) is 127 cm³/mol. The standard InChI is InChI=1S/C25H28ClNO7/c1-24(2,3)33-20(28)13-27-16-12-15(26)10-11-17(16)32-19-9-7-8-18(22(19)23(27)30)31-14-21(29)34-25(4,5)6/h7-12H,13-14H2,1-6H3. The molecule has 1 aliphatic heterocycles. The summed E-state index contributed by atoms with van der Waals surface area (Å²) in [4.78, 5) is 39.7. The predicted octanol–water partition coefficient (Wildman–Crippen LogP) is 5.15. The molecule has 0 bridgehead atoms. The maximum absolute atomic E-state index is 13.7. The number of carbonyl (C=O) groups excluding carboxylic acids is 3. The Hall–Kier alpha value is -3.26. The van der Waals surface area contributed by atoms with Crippen LogP contribution >= 0.6 is 11.6 Å². The molecule has 1 amide bonds. The summed E-state index contributed by atoms with van der Waals surface area (Å²) < 4.78 is 22.3. The van der Waals surface area contributed by atoms with Gasteiger partial charge in [-0.2, -0.15) is 0 Å². The van der Waals surface area contributed by atoms with E-state index in [1.54, 1.807) is 71.9 Å². The minimum absolute atomic E-state index is 0.0574. The fourth-order valence-electron chi connectivity index (χ4n) is 3.25. The van der Waals surface area contributed by atoms with Gasteiger partial charge in [0.15, 0.2) is 12.4 Å². The van der Waals surface area contributed by atoms with Crippen molar-refractivity contribution < 1.29 is 33.3 Å². The molecule has 8 nitrogen and oxygen atoms in total. The Morgan fingerprint density at radius 3 is 2.24 bits per heavy atom. The van der Waals surface area contributed by atoms with Crippen LogP contribution in [-0.2, 0) is 19.1 Å². The molecular weight excluding hydrogens is 462 g/mol. The van der Waals surface area contributed by atoms with Crippen molar-refractivity contribution in [3.8, 4) is 17.2 Å². The van der Waals surface area contributed by atoms with E-state index in [2.05, 4.69) is 0 Å². The minimum atomic E-state index is -0.737. The number of fused-ring (bicyclic) bond motifs is 2. The number of amides is 1. The molecule has 0 saturated heterocycles. The molecular formula is C25H28ClNO7. The van der Waals surface area contributed by atoms with Crippen molar-refractivity contribution in [2.45, 2.75) is 52.7 Å². The van der Waals surface area contributed by atoms with Crippen LogP contribution < -0.4 is 14.4 Å². The van der Waals surface area contributed by atoms with Crippen molar-refractivity contribution >= 4 is 35.1 Å². The number of rotatable bonds is 5. The van der Waals surface area contributed by atoms with Crippen molar-refractivity contribution in [1.29, 1.82) is 0 Å². The highest BCUT2D eigenvalue weighted by Crippen LogP contribution is 2.43. The molecule has 1 heterocycles. The van der Waals surface area contributed by atoms with Crippen LogP contribution in [0.1, 0.15) is 51.9 Å². The van der Waals surface area contributed by atoms with Gasteiger partial charge in [-0.05, 0) is 71.9 Å². The Kier molecular flexibility index (Phi) is 7.12. The summed E-state index contributed by atoms with van der Waals surface area (Å²) in [6.07, 6.45) is 0. The topological polar surface area (TPSA) is 91.4 Å². The number of hydrogen-bond donors (Lipinski definition) is 0. The van der Waals surface area contributed by atoms with Gasteiger partial charge in [0.1, 0.15) is 34.8 Å². The maximum atomic E-state index is 13.7. The summed E-state index contributed by atoms with van der Waals surface area (Å²) in [7, 11) is 0. The van der Waals surface area contributed by atoms with Crippen LogP contribution in [0.15, 0.2) is 36.4 Å². The number of esters is 2. The van der Waals surface area contributed by atoms with Crippen LogP contribution in [-0.4, -0.2) is 42.2 Å². The van der Waals surface area contributed by atoms with Crippen molar-refractivity contribution in [2.75, 3.05) is 18.1 Å². The molecule has 9 heteroatoms. The Morgan fingerprint density at radius 1 is 0.941 bits per heavy atom. The summed E-state index contributed by atoms with van der Waals surface area (Å²) in [5, 5.41) is 0.358. The molecule has 2 aromatic rings. The SMILES string of the molecule is CC(C)(C)OC(=O)COc1cccc2c1C(=O)N(CC(=O)OC(C)(C)C)c1cc(Cl)ccc1O2. The first-order chi connectivity index (χ1) is 15.7. The third kappa shape index (κ3) is 6.41. The van der Waals surface area contributed by atoms with Crippen LogP contribution in [0, 0.1) is 0 Å². The van der Waals surface area contributed by atoms with Gasteiger partial charge >= 0.3 is 11.9 Å². The zero-order valence-corrected chi connectivity index (χ0v) is 20.8. The third-order valence-electron chi connectivity index (χ3n) is 4.35. The van der Waals surface area contributed by atoms with Crippen LogP contribution in [0.5, 0.6) is 17.2 Å². The highest BCUT2D eigenvalue weighted by molar-refractivity contribution is 6.31. The molecule has 0 spiro atoms. The Labute approximate surface area is 203 Å². The van der Waals surface area contributed by atoms with Crippen LogP contribution in [0.3, 0.4) is 0 Å². The number of nitrogens with zero attached hydrogens (tertiary/aromatic N) is 1. The van der Waals surface area contributed by atoms with Crippen LogP contribution in [0.25, 0.3) is 0 Å². The Bertz CT molecular complexity index is 1120. The van der Waals surface area contributed by atoms with Gasteiger partial charge in [0.2, 0.25) is 0 Å². The second-order valence-corrected chi connectivity index (χ2v) is 10.1. The number of ether oxygens (including phenoxy) is 4. The van der Waals surface area contributed by atoms with Gasteiger partial charge in [-0.15, -0.1) is 0 Å². The number of anilines is 1. The van der Waals surface area contributed by atoms with E-state index in [1.165, 1.54) is 11.0 Å². The van der Waals surface area contributed by atoms with Gasteiger partial charge in [-0.3, -0.25) is 14.5 Å². The van der Waals surface area contributed by atoms with Gasteiger partial charge in [0.25, 0.3) is 5.91 Å². The van der Waals surface area contributed by atoms with E-state index in [9.17, 15) is 14.4 Å². The van der Waals surface area contributed by atoms with E-state index in [0.717, 1.165) is 0 Å². The molecule has 0 aliphatic carbocycles. The summed E-state index contributed by atoms with van der Waals surface area (Å²) in [6.45, 7) is 9.65. The first-order valence-electron chi connectivity index (χ1n) is 10.7. The highest BCUT2D eigenvalue weighted by atomic mass is 35.5. The van der Waals surface area contributed by atoms with E-state index in [1.807, 2.05) is 0 Å². The molecule has 0 atom stereocenters. The molecule has 0 unspecified atom stereocenters. The summed E-state index contributed by atoms with van der Waals surface area (Å²) in [6, 6.07) is 9.53. The fraction of sp³-hybridized carbons (Fsp3) is 0.400. The zero-order chi connectivity index (χ0) is 25.3.